The number of carbonyl (C=O) groups is 1. The first kappa shape index (κ1) is 12.5. The van der Waals surface area contributed by atoms with Gasteiger partial charge in [-0.3, -0.25) is 4.52 Å². The topological polar surface area (TPSA) is 79.4 Å². The van der Waals surface area contributed by atoms with Crippen molar-refractivity contribution >= 4 is 6.09 Å². The molecule has 0 saturated heterocycles. The highest BCUT2D eigenvalue weighted by molar-refractivity contribution is 5.76. The number of hydrogen-bond acceptors (Lipinski definition) is 4. The van der Waals surface area contributed by atoms with E-state index < -0.39 is 11.7 Å². The van der Waals surface area contributed by atoms with Gasteiger partial charge in [0.05, 0.1) is 11.3 Å². The molecule has 0 atom stereocenters. The van der Waals surface area contributed by atoms with E-state index in [0.717, 1.165) is 5.56 Å². The van der Waals surface area contributed by atoms with Crippen LogP contribution in [-0.4, -0.2) is 17.9 Å². The Labute approximate surface area is 114 Å². The molecular weight excluding hydrogens is 262 g/mol. The normalized spacial score (nSPS) is 13.9. The van der Waals surface area contributed by atoms with Crippen LogP contribution in [0.1, 0.15) is 17.7 Å². The molecule has 104 valence electrons. The second-order valence-electron chi connectivity index (χ2n) is 4.51. The standard InChI is InChI=1S/C13H13N3O4/c17-12-11-7-4-8-15(16(11)14-20-12)13(18)19-9-10-5-2-1-3-6-10/h1-3,5-6H,4,7-9H2/p+1. The number of ether oxygens (including phenoxy) is 1. The summed E-state index contributed by atoms with van der Waals surface area (Å²) in [5.74, 6) is 0. The van der Waals surface area contributed by atoms with E-state index in [9.17, 15) is 9.59 Å². The van der Waals surface area contributed by atoms with Gasteiger partial charge in [0.15, 0.2) is 0 Å². The second kappa shape index (κ2) is 5.20. The molecule has 3 rings (SSSR count). The fourth-order valence-electron chi connectivity index (χ4n) is 2.15. The van der Waals surface area contributed by atoms with Crippen molar-refractivity contribution in [1.82, 2.24) is 5.27 Å². The van der Waals surface area contributed by atoms with Crippen LogP contribution in [0.15, 0.2) is 39.6 Å². The van der Waals surface area contributed by atoms with Crippen LogP contribution in [0.25, 0.3) is 0 Å². The molecule has 0 unspecified atom stereocenters. The number of hydrogen-bond donors (Lipinski definition) is 1. The Morgan fingerprint density at radius 3 is 3.00 bits per heavy atom. The molecular formula is C13H14N3O4+. The predicted octanol–water partition coefficient (Wildman–Crippen LogP) is 0.476. The minimum Gasteiger partial charge on any atom is -0.441 e. The van der Waals surface area contributed by atoms with Gasteiger partial charge in [-0.1, -0.05) is 30.3 Å². The number of fused-ring (bicyclic) bond motifs is 1. The zero-order valence-corrected chi connectivity index (χ0v) is 10.7. The van der Waals surface area contributed by atoms with E-state index in [0.29, 0.717) is 25.1 Å². The van der Waals surface area contributed by atoms with Gasteiger partial charge in [-0.15, -0.1) is 0 Å². The summed E-state index contributed by atoms with van der Waals surface area (Å²) < 4.78 is 9.93. The average molecular weight is 276 g/mol. The van der Waals surface area contributed by atoms with Gasteiger partial charge in [-0.05, 0) is 17.0 Å². The van der Waals surface area contributed by atoms with Crippen LogP contribution in [-0.2, 0) is 17.8 Å². The van der Waals surface area contributed by atoms with Crippen molar-refractivity contribution in [2.45, 2.75) is 19.4 Å². The Morgan fingerprint density at radius 1 is 1.40 bits per heavy atom. The van der Waals surface area contributed by atoms with Gasteiger partial charge < -0.3 is 4.74 Å². The predicted molar refractivity (Wildman–Crippen MR) is 67.6 cm³/mol. The summed E-state index contributed by atoms with van der Waals surface area (Å²) in [5, 5.41) is 3.74. The lowest BCUT2D eigenvalue weighted by Gasteiger charge is -2.16. The van der Waals surface area contributed by atoms with Crippen molar-refractivity contribution in [3.63, 3.8) is 0 Å². The Balaban J connectivity index is 1.71. The van der Waals surface area contributed by atoms with Crippen molar-refractivity contribution < 1.29 is 18.8 Å². The van der Waals surface area contributed by atoms with E-state index in [4.69, 9.17) is 9.26 Å². The number of H-pyrrole nitrogens is 1. The number of nitrogens with zero attached hydrogens (tertiary/aromatic N) is 2. The summed E-state index contributed by atoms with van der Waals surface area (Å²) in [7, 11) is 0. The lowest BCUT2D eigenvalue weighted by molar-refractivity contribution is -0.759. The van der Waals surface area contributed by atoms with Crippen LogP contribution in [0, 0.1) is 0 Å². The SMILES string of the molecule is O=C(OCc1ccccc1)N1CCCc2c(=O)o[nH][n+]21. The molecule has 1 aromatic carbocycles. The molecule has 0 spiro atoms. The molecule has 1 N–H and O–H groups in total. The van der Waals surface area contributed by atoms with Crippen LogP contribution in [0.2, 0.25) is 0 Å². The van der Waals surface area contributed by atoms with E-state index in [1.807, 2.05) is 30.3 Å². The monoisotopic (exact) mass is 276 g/mol. The molecule has 20 heavy (non-hydrogen) atoms. The third-order valence-corrected chi connectivity index (χ3v) is 3.16. The maximum absolute atomic E-state index is 12.1. The average Bonchev–Trinajstić information content (AvgIpc) is 2.87. The van der Waals surface area contributed by atoms with E-state index in [-0.39, 0.29) is 6.61 Å². The van der Waals surface area contributed by atoms with Gasteiger partial charge in [0.25, 0.3) is 0 Å². The number of aromatic nitrogens is 2. The minimum atomic E-state index is -0.517. The minimum absolute atomic E-state index is 0.189. The summed E-state index contributed by atoms with van der Waals surface area (Å²) >= 11 is 0. The summed E-state index contributed by atoms with van der Waals surface area (Å²) in [6.45, 7) is 0.662. The summed E-state index contributed by atoms with van der Waals surface area (Å²) in [6.07, 6.45) is 0.758. The van der Waals surface area contributed by atoms with Crippen LogP contribution in [0.4, 0.5) is 4.79 Å². The zero-order chi connectivity index (χ0) is 13.9. The highest BCUT2D eigenvalue weighted by Gasteiger charge is 2.36. The van der Waals surface area contributed by atoms with E-state index in [1.165, 1.54) is 9.80 Å². The third kappa shape index (κ3) is 2.29. The molecule has 2 aromatic rings. The molecule has 1 aliphatic rings. The number of aromatic amines is 1. The molecule has 1 aromatic heterocycles. The fourth-order valence-corrected chi connectivity index (χ4v) is 2.15. The first-order valence-electron chi connectivity index (χ1n) is 6.36. The van der Waals surface area contributed by atoms with Crippen molar-refractivity contribution in [1.29, 1.82) is 0 Å². The first-order chi connectivity index (χ1) is 9.75. The Morgan fingerprint density at radius 2 is 2.20 bits per heavy atom. The van der Waals surface area contributed by atoms with Crippen molar-refractivity contribution in [2.24, 2.45) is 0 Å². The number of nitrogens with one attached hydrogen (secondary N) is 1. The molecule has 0 fully saturated rings. The molecule has 0 bridgehead atoms. The van der Waals surface area contributed by atoms with Crippen molar-refractivity contribution in [2.75, 3.05) is 11.6 Å². The van der Waals surface area contributed by atoms with E-state index in [2.05, 4.69) is 5.27 Å². The van der Waals surface area contributed by atoms with Gasteiger partial charge in [0.2, 0.25) is 0 Å². The van der Waals surface area contributed by atoms with Crippen LogP contribution in [0.5, 0.6) is 0 Å². The van der Waals surface area contributed by atoms with Crippen molar-refractivity contribution in [3.8, 4) is 0 Å². The van der Waals surface area contributed by atoms with Crippen LogP contribution in [0.3, 0.4) is 0 Å². The highest BCUT2D eigenvalue weighted by atomic mass is 16.6. The summed E-state index contributed by atoms with van der Waals surface area (Å²) in [6, 6.07) is 9.41. The Hall–Kier alpha value is -2.57. The molecule has 7 nitrogen and oxygen atoms in total. The maximum Gasteiger partial charge on any atom is 0.466 e. The molecule has 7 heteroatoms. The molecule has 0 radical (unpaired) electrons. The highest BCUT2D eigenvalue weighted by Crippen LogP contribution is 2.05. The lowest BCUT2D eigenvalue weighted by Crippen LogP contribution is -2.67. The fraction of sp³-hybridized carbons (Fsp3) is 0.308. The zero-order valence-electron chi connectivity index (χ0n) is 10.7. The van der Waals surface area contributed by atoms with Crippen molar-refractivity contribution in [3.05, 3.63) is 52.0 Å². The smallest absolute Gasteiger partial charge is 0.441 e. The lowest BCUT2D eigenvalue weighted by atomic mass is 10.2. The molecule has 0 saturated carbocycles. The van der Waals surface area contributed by atoms with Gasteiger partial charge >= 0.3 is 17.4 Å². The van der Waals surface area contributed by atoms with E-state index >= 15 is 0 Å². The second-order valence-corrected chi connectivity index (χ2v) is 4.51. The molecule has 2 heterocycles. The number of benzene rings is 1. The van der Waals surface area contributed by atoms with Crippen LogP contribution >= 0.6 is 0 Å². The van der Waals surface area contributed by atoms with Gasteiger partial charge in [0.1, 0.15) is 6.61 Å². The Bertz CT molecular complexity index is 662. The van der Waals surface area contributed by atoms with Gasteiger partial charge in [-0.25, -0.2) is 9.59 Å². The molecule has 1 aliphatic heterocycles. The van der Waals surface area contributed by atoms with Gasteiger partial charge in [0, 0.05) is 11.7 Å². The number of rotatable bonds is 2. The first-order valence-corrected chi connectivity index (χ1v) is 6.36. The summed E-state index contributed by atoms with van der Waals surface area (Å²) in [5.41, 5.74) is 0.877. The maximum atomic E-state index is 12.1. The largest absolute Gasteiger partial charge is 0.466 e. The quantitative estimate of drug-likeness (QED) is 0.809. The Kier molecular flexibility index (Phi) is 3.24. The molecule has 1 amide bonds. The molecule has 0 aliphatic carbocycles. The number of carbonyl (C=O) groups excluding carboxylic acids is 1. The third-order valence-electron chi connectivity index (χ3n) is 3.16. The van der Waals surface area contributed by atoms with Crippen LogP contribution < -0.4 is 15.4 Å². The van der Waals surface area contributed by atoms with E-state index in [1.54, 1.807) is 0 Å². The summed E-state index contributed by atoms with van der Waals surface area (Å²) in [4.78, 5) is 24.8. The van der Waals surface area contributed by atoms with Gasteiger partial charge in [-0.2, -0.15) is 0 Å². The number of amides is 1.